The fraction of sp³-hybridized carbons (Fsp3) is 0.100. The second-order valence-electron chi connectivity index (χ2n) is 3.34. The van der Waals surface area contributed by atoms with Crippen molar-refractivity contribution in [1.29, 1.82) is 0 Å². The van der Waals surface area contributed by atoms with Gasteiger partial charge in [0.05, 0.1) is 17.8 Å². The topological polar surface area (TPSA) is 98.0 Å². The molecular weight excluding hydrogens is 275 g/mol. The highest BCUT2D eigenvalue weighted by Gasteiger charge is 2.10. The van der Waals surface area contributed by atoms with Crippen LogP contribution < -0.4 is 21.3 Å². The van der Waals surface area contributed by atoms with Crippen molar-refractivity contribution >= 4 is 29.2 Å². The number of anilines is 3. The summed E-state index contributed by atoms with van der Waals surface area (Å²) in [5.41, 5.74) is 2.38. The lowest BCUT2D eigenvalue weighted by atomic mass is 10.3. The Bertz CT molecular complexity index is 574. The van der Waals surface area contributed by atoms with Gasteiger partial charge in [-0.25, -0.2) is 10.2 Å². The molecule has 0 radical (unpaired) electrons. The van der Waals surface area contributed by atoms with Crippen LogP contribution in [0.4, 0.5) is 22.0 Å². The number of rotatable bonds is 4. The zero-order valence-corrected chi connectivity index (χ0v) is 10.6. The van der Waals surface area contributed by atoms with E-state index in [1.807, 2.05) is 0 Å². The van der Waals surface area contributed by atoms with Gasteiger partial charge >= 0.3 is 6.01 Å². The van der Waals surface area contributed by atoms with Crippen molar-refractivity contribution in [3.63, 3.8) is 0 Å². The summed E-state index contributed by atoms with van der Waals surface area (Å²) < 4.78 is 18.6. The molecule has 0 aliphatic carbocycles. The quantitative estimate of drug-likeness (QED) is 0.580. The minimum Gasteiger partial charge on any atom is -0.467 e. The van der Waals surface area contributed by atoms with Gasteiger partial charge in [-0.05, 0) is 12.1 Å². The zero-order chi connectivity index (χ0) is 13.8. The van der Waals surface area contributed by atoms with Gasteiger partial charge in [0.15, 0.2) is 5.82 Å². The van der Waals surface area contributed by atoms with Crippen LogP contribution in [0, 0.1) is 5.82 Å². The standard InChI is InChI=1S/C10H10ClFN6O/c1-19-10-16-8(15-9(17-10)18-13)14-6-4-2-3-5(11)7(6)12/h2-4H,13H2,1H3,(H2,14,15,16,17,18). The lowest BCUT2D eigenvalue weighted by molar-refractivity contribution is 0.379. The smallest absolute Gasteiger partial charge is 0.322 e. The number of nitrogens with zero attached hydrogens (tertiary/aromatic N) is 3. The lowest BCUT2D eigenvalue weighted by Gasteiger charge is -2.08. The van der Waals surface area contributed by atoms with Gasteiger partial charge in [0.25, 0.3) is 0 Å². The fourth-order valence-corrected chi connectivity index (χ4v) is 1.46. The summed E-state index contributed by atoms with van der Waals surface area (Å²) in [6.07, 6.45) is 0. The summed E-state index contributed by atoms with van der Waals surface area (Å²) in [6.45, 7) is 0. The first-order valence-corrected chi connectivity index (χ1v) is 5.49. The normalized spacial score (nSPS) is 10.1. The Morgan fingerprint density at radius 1 is 1.26 bits per heavy atom. The molecule has 4 N–H and O–H groups in total. The third-order valence-electron chi connectivity index (χ3n) is 2.12. The molecule has 19 heavy (non-hydrogen) atoms. The maximum Gasteiger partial charge on any atom is 0.322 e. The number of halogens is 2. The van der Waals surface area contributed by atoms with Gasteiger partial charge in [0, 0.05) is 0 Å². The Morgan fingerprint density at radius 3 is 2.68 bits per heavy atom. The van der Waals surface area contributed by atoms with E-state index >= 15 is 0 Å². The maximum atomic E-state index is 13.7. The number of nitrogens with two attached hydrogens (primary N) is 1. The Labute approximate surface area is 113 Å². The summed E-state index contributed by atoms with van der Waals surface area (Å²) in [5, 5.41) is 2.65. The highest BCUT2D eigenvalue weighted by molar-refractivity contribution is 6.31. The van der Waals surface area contributed by atoms with E-state index < -0.39 is 5.82 Å². The molecule has 1 aromatic carbocycles. The van der Waals surface area contributed by atoms with Gasteiger partial charge in [-0.3, -0.25) is 5.43 Å². The van der Waals surface area contributed by atoms with Gasteiger partial charge in [0.1, 0.15) is 0 Å². The minimum atomic E-state index is -0.606. The van der Waals surface area contributed by atoms with Crippen LogP contribution in [0.3, 0.4) is 0 Å². The van der Waals surface area contributed by atoms with Gasteiger partial charge in [-0.2, -0.15) is 15.0 Å². The molecule has 0 aliphatic rings. The van der Waals surface area contributed by atoms with Crippen LogP contribution in [0.1, 0.15) is 0 Å². The van der Waals surface area contributed by atoms with Gasteiger partial charge in [0.2, 0.25) is 11.9 Å². The van der Waals surface area contributed by atoms with E-state index in [2.05, 4.69) is 25.7 Å². The lowest BCUT2D eigenvalue weighted by Crippen LogP contribution is -2.13. The van der Waals surface area contributed by atoms with Crippen LogP contribution in [0.5, 0.6) is 6.01 Å². The molecule has 2 rings (SSSR count). The van der Waals surface area contributed by atoms with E-state index in [-0.39, 0.29) is 28.6 Å². The van der Waals surface area contributed by atoms with E-state index in [9.17, 15) is 4.39 Å². The average molecular weight is 285 g/mol. The van der Waals surface area contributed by atoms with Crippen LogP contribution >= 0.6 is 11.6 Å². The predicted octanol–water partition coefficient (Wildman–Crippen LogP) is 1.70. The molecule has 9 heteroatoms. The molecule has 0 amide bonds. The first kappa shape index (κ1) is 13.2. The average Bonchev–Trinajstić information content (AvgIpc) is 2.43. The SMILES string of the molecule is COc1nc(NN)nc(Nc2cccc(Cl)c2F)n1. The molecule has 0 spiro atoms. The number of hydrogen-bond acceptors (Lipinski definition) is 7. The number of ether oxygens (including phenoxy) is 1. The summed E-state index contributed by atoms with van der Waals surface area (Å²) in [6, 6.07) is 4.55. The van der Waals surface area contributed by atoms with E-state index in [1.165, 1.54) is 19.2 Å². The highest BCUT2D eigenvalue weighted by Crippen LogP contribution is 2.24. The molecule has 100 valence electrons. The molecule has 1 heterocycles. The number of hydrazine groups is 1. The molecule has 0 bridgehead atoms. The maximum absolute atomic E-state index is 13.7. The minimum absolute atomic E-state index is 0.0109. The highest BCUT2D eigenvalue weighted by atomic mass is 35.5. The number of methoxy groups -OCH3 is 1. The summed E-state index contributed by atoms with van der Waals surface area (Å²) >= 11 is 5.67. The van der Waals surface area contributed by atoms with E-state index in [1.54, 1.807) is 6.07 Å². The van der Waals surface area contributed by atoms with Crippen LogP contribution in [0.25, 0.3) is 0 Å². The van der Waals surface area contributed by atoms with Crippen molar-refractivity contribution in [1.82, 2.24) is 15.0 Å². The second-order valence-corrected chi connectivity index (χ2v) is 3.75. The molecule has 0 saturated heterocycles. The molecule has 0 fully saturated rings. The van der Waals surface area contributed by atoms with Crippen molar-refractivity contribution < 1.29 is 9.13 Å². The monoisotopic (exact) mass is 284 g/mol. The third-order valence-corrected chi connectivity index (χ3v) is 2.42. The zero-order valence-electron chi connectivity index (χ0n) is 9.82. The van der Waals surface area contributed by atoms with Crippen molar-refractivity contribution in [3.8, 4) is 6.01 Å². The van der Waals surface area contributed by atoms with E-state index in [0.29, 0.717) is 0 Å². The van der Waals surface area contributed by atoms with Crippen LogP contribution in [-0.4, -0.2) is 22.1 Å². The van der Waals surface area contributed by atoms with Gasteiger partial charge in [-0.1, -0.05) is 17.7 Å². The van der Waals surface area contributed by atoms with Crippen molar-refractivity contribution in [2.24, 2.45) is 5.84 Å². The molecule has 7 nitrogen and oxygen atoms in total. The Hall–Kier alpha value is -2.19. The van der Waals surface area contributed by atoms with Crippen molar-refractivity contribution in [2.45, 2.75) is 0 Å². The molecule has 0 atom stereocenters. The molecular formula is C10H10ClFN6O. The Balaban J connectivity index is 2.34. The molecule has 0 saturated carbocycles. The fourth-order valence-electron chi connectivity index (χ4n) is 1.29. The molecule has 2 aromatic rings. The van der Waals surface area contributed by atoms with Crippen molar-refractivity contribution in [3.05, 3.63) is 29.0 Å². The van der Waals surface area contributed by atoms with Crippen molar-refractivity contribution in [2.75, 3.05) is 17.9 Å². The number of benzene rings is 1. The number of nitrogens with one attached hydrogen (secondary N) is 2. The Morgan fingerprint density at radius 2 is 2.00 bits per heavy atom. The predicted molar refractivity (Wildman–Crippen MR) is 68.9 cm³/mol. The van der Waals surface area contributed by atoms with Crippen LogP contribution in [-0.2, 0) is 0 Å². The third kappa shape index (κ3) is 2.98. The van der Waals surface area contributed by atoms with Gasteiger partial charge in [-0.15, -0.1) is 0 Å². The van der Waals surface area contributed by atoms with E-state index in [0.717, 1.165) is 0 Å². The number of nitrogen functional groups attached to an aromatic ring is 1. The van der Waals surface area contributed by atoms with E-state index in [4.69, 9.17) is 22.2 Å². The first-order chi connectivity index (χ1) is 9.13. The Kier molecular flexibility index (Phi) is 3.93. The largest absolute Gasteiger partial charge is 0.467 e. The van der Waals surface area contributed by atoms with Gasteiger partial charge < -0.3 is 10.1 Å². The second kappa shape index (κ2) is 5.63. The summed E-state index contributed by atoms with van der Waals surface area (Å²) in [4.78, 5) is 11.6. The summed E-state index contributed by atoms with van der Waals surface area (Å²) in [5.74, 6) is 4.75. The number of aromatic nitrogens is 3. The van der Waals surface area contributed by atoms with Crippen LogP contribution in [0.15, 0.2) is 18.2 Å². The molecule has 0 aliphatic heterocycles. The molecule has 1 aromatic heterocycles. The summed E-state index contributed by atoms with van der Waals surface area (Å²) in [7, 11) is 1.39. The molecule has 0 unspecified atom stereocenters. The van der Waals surface area contributed by atoms with Crippen LogP contribution in [0.2, 0.25) is 5.02 Å². The number of hydrogen-bond donors (Lipinski definition) is 3. The first-order valence-electron chi connectivity index (χ1n) is 5.11.